The van der Waals surface area contributed by atoms with Gasteiger partial charge < -0.3 is 5.11 Å². The van der Waals surface area contributed by atoms with Gasteiger partial charge in [0.1, 0.15) is 0 Å². The van der Waals surface area contributed by atoms with Gasteiger partial charge in [0.2, 0.25) is 0 Å². The maximum Gasteiger partial charge on any atom is 0.337 e. The zero-order valence-corrected chi connectivity index (χ0v) is 9.55. The molecule has 17 heavy (non-hydrogen) atoms. The van der Waals surface area contributed by atoms with Gasteiger partial charge in [-0.05, 0) is 30.2 Å². The molecular formula is C14H13NO2. The highest BCUT2D eigenvalue weighted by Gasteiger charge is 2.04. The smallest absolute Gasteiger partial charge is 0.337 e. The maximum absolute atomic E-state index is 10.7. The number of carboxylic acid groups (broad SMARTS) is 1. The summed E-state index contributed by atoms with van der Waals surface area (Å²) in [6, 6.07) is 11.5. The fourth-order valence-corrected chi connectivity index (χ4v) is 1.66. The number of aromatic nitrogens is 1. The molecule has 0 aliphatic rings. The summed E-state index contributed by atoms with van der Waals surface area (Å²) in [6.45, 7) is 2.06. The van der Waals surface area contributed by atoms with Crippen LogP contribution < -0.4 is 0 Å². The molecule has 3 heteroatoms. The lowest BCUT2D eigenvalue weighted by molar-refractivity contribution is 0.0696. The van der Waals surface area contributed by atoms with Crippen molar-refractivity contribution in [2.45, 2.75) is 13.3 Å². The number of pyridine rings is 1. The Bertz CT molecular complexity index is 532. The summed E-state index contributed by atoms with van der Waals surface area (Å²) < 4.78 is 0. The second kappa shape index (κ2) is 4.78. The Morgan fingerprint density at radius 2 is 2.00 bits per heavy atom. The van der Waals surface area contributed by atoms with Gasteiger partial charge in [-0.2, -0.15) is 0 Å². The molecular weight excluding hydrogens is 214 g/mol. The van der Waals surface area contributed by atoms with Gasteiger partial charge >= 0.3 is 5.97 Å². The molecule has 0 fully saturated rings. The van der Waals surface area contributed by atoms with Crippen LogP contribution in [-0.2, 0) is 6.42 Å². The molecule has 2 aromatic rings. The molecule has 0 amide bonds. The van der Waals surface area contributed by atoms with Crippen molar-refractivity contribution < 1.29 is 9.90 Å². The fraction of sp³-hybridized carbons (Fsp3) is 0.143. The highest BCUT2D eigenvalue weighted by molar-refractivity contribution is 5.87. The first-order chi connectivity index (χ1) is 8.16. The largest absolute Gasteiger partial charge is 0.478 e. The van der Waals surface area contributed by atoms with Crippen LogP contribution in [0.4, 0.5) is 0 Å². The molecule has 0 bridgehead atoms. The first kappa shape index (κ1) is 11.3. The minimum absolute atomic E-state index is 0.221. The predicted molar refractivity (Wildman–Crippen MR) is 65.2 cm³/mol. The predicted octanol–water partition coefficient (Wildman–Crippen LogP) is 2.68. The van der Waals surface area contributed by atoms with Crippen molar-refractivity contribution in [2.24, 2.45) is 0 Å². The number of benzene rings is 1. The monoisotopic (exact) mass is 227 g/mol. The standard InChI is InChI=1S/C14H13NO2/c1-10-4-2-3-5-11(10)8-13-7-6-12(9-15-13)14(16)17/h2-7,9H,8H2,1H3,(H,16,17). The van der Waals surface area contributed by atoms with Crippen molar-refractivity contribution in [3.8, 4) is 0 Å². The van der Waals surface area contributed by atoms with E-state index in [2.05, 4.69) is 24.0 Å². The molecule has 0 saturated heterocycles. The van der Waals surface area contributed by atoms with Gasteiger partial charge in [0.15, 0.2) is 0 Å². The normalized spacial score (nSPS) is 10.2. The topological polar surface area (TPSA) is 50.2 Å². The van der Waals surface area contributed by atoms with Crippen LogP contribution >= 0.6 is 0 Å². The summed E-state index contributed by atoms with van der Waals surface area (Å²) in [5, 5.41) is 8.77. The third kappa shape index (κ3) is 2.69. The number of carboxylic acids is 1. The van der Waals surface area contributed by atoms with Crippen molar-refractivity contribution in [3.63, 3.8) is 0 Å². The lowest BCUT2D eigenvalue weighted by Gasteiger charge is -2.05. The summed E-state index contributed by atoms with van der Waals surface area (Å²) in [5.41, 5.74) is 3.53. The zero-order valence-electron chi connectivity index (χ0n) is 9.55. The second-order valence-corrected chi connectivity index (χ2v) is 3.95. The molecule has 0 radical (unpaired) electrons. The maximum atomic E-state index is 10.7. The van der Waals surface area contributed by atoms with E-state index in [0.717, 1.165) is 12.1 Å². The molecule has 0 spiro atoms. The summed E-state index contributed by atoms with van der Waals surface area (Å²) in [5.74, 6) is -0.944. The number of aromatic carboxylic acids is 1. The average molecular weight is 227 g/mol. The van der Waals surface area contributed by atoms with Crippen LogP contribution in [0.2, 0.25) is 0 Å². The molecule has 1 heterocycles. The quantitative estimate of drug-likeness (QED) is 0.877. The second-order valence-electron chi connectivity index (χ2n) is 3.95. The molecule has 1 aromatic heterocycles. The molecule has 0 unspecified atom stereocenters. The van der Waals surface area contributed by atoms with E-state index in [1.807, 2.05) is 12.1 Å². The molecule has 0 aliphatic carbocycles. The molecule has 0 aliphatic heterocycles. The molecule has 86 valence electrons. The Balaban J connectivity index is 2.20. The van der Waals surface area contributed by atoms with Crippen LogP contribution in [0.25, 0.3) is 0 Å². The van der Waals surface area contributed by atoms with E-state index in [1.54, 1.807) is 12.1 Å². The van der Waals surface area contributed by atoms with E-state index in [-0.39, 0.29) is 5.56 Å². The Morgan fingerprint density at radius 3 is 2.59 bits per heavy atom. The van der Waals surface area contributed by atoms with Crippen LogP contribution in [0.3, 0.4) is 0 Å². The molecule has 0 atom stereocenters. The summed E-state index contributed by atoms with van der Waals surface area (Å²) >= 11 is 0. The number of rotatable bonds is 3. The van der Waals surface area contributed by atoms with Gasteiger partial charge in [0.25, 0.3) is 0 Å². The van der Waals surface area contributed by atoms with Gasteiger partial charge in [0.05, 0.1) is 5.56 Å². The number of hydrogen-bond acceptors (Lipinski definition) is 2. The lowest BCUT2D eigenvalue weighted by Crippen LogP contribution is -1.99. The SMILES string of the molecule is Cc1ccccc1Cc1ccc(C(=O)O)cn1. The first-order valence-electron chi connectivity index (χ1n) is 5.39. The van der Waals surface area contributed by atoms with Crippen molar-refractivity contribution in [1.29, 1.82) is 0 Å². The average Bonchev–Trinajstić information content (AvgIpc) is 2.33. The third-order valence-electron chi connectivity index (χ3n) is 2.70. The van der Waals surface area contributed by atoms with Crippen molar-refractivity contribution in [3.05, 3.63) is 65.0 Å². The summed E-state index contributed by atoms with van der Waals surface area (Å²) in [6.07, 6.45) is 2.13. The Hall–Kier alpha value is -2.16. The Morgan fingerprint density at radius 1 is 1.24 bits per heavy atom. The van der Waals surface area contributed by atoms with Crippen LogP contribution in [-0.4, -0.2) is 16.1 Å². The minimum Gasteiger partial charge on any atom is -0.478 e. The molecule has 2 rings (SSSR count). The Kier molecular flexibility index (Phi) is 3.19. The van der Waals surface area contributed by atoms with Crippen LogP contribution in [0.15, 0.2) is 42.6 Å². The van der Waals surface area contributed by atoms with Crippen LogP contribution in [0, 0.1) is 6.92 Å². The van der Waals surface area contributed by atoms with E-state index in [1.165, 1.54) is 17.3 Å². The number of hydrogen-bond donors (Lipinski definition) is 1. The van der Waals surface area contributed by atoms with Gasteiger partial charge in [-0.15, -0.1) is 0 Å². The zero-order chi connectivity index (χ0) is 12.3. The lowest BCUT2D eigenvalue weighted by atomic mass is 10.0. The van der Waals surface area contributed by atoms with Crippen LogP contribution in [0.5, 0.6) is 0 Å². The van der Waals surface area contributed by atoms with Gasteiger partial charge in [-0.3, -0.25) is 4.98 Å². The number of carbonyl (C=O) groups is 1. The number of nitrogens with zero attached hydrogens (tertiary/aromatic N) is 1. The van der Waals surface area contributed by atoms with E-state index < -0.39 is 5.97 Å². The third-order valence-corrected chi connectivity index (χ3v) is 2.70. The highest BCUT2D eigenvalue weighted by Crippen LogP contribution is 2.12. The highest BCUT2D eigenvalue weighted by atomic mass is 16.4. The molecule has 3 nitrogen and oxygen atoms in total. The van der Waals surface area contributed by atoms with Gasteiger partial charge in [0, 0.05) is 18.3 Å². The van der Waals surface area contributed by atoms with Crippen molar-refractivity contribution in [2.75, 3.05) is 0 Å². The molecule has 1 aromatic carbocycles. The van der Waals surface area contributed by atoms with E-state index in [4.69, 9.17) is 5.11 Å². The summed E-state index contributed by atoms with van der Waals surface area (Å²) in [4.78, 5) is 14.8. The van der Waals surface area contributed by atoms with E-state index in [9.17, 15) is 4.79 Å². The molecule has 0 saturated carbocycles. The molecule has 1 N–H and O–H groups in total. The van der Waals surface area contributed by atoms with Gasteiger partial charge in [-0.25, -0.2) is 4.79 Å². The minimum atomic E-state index is -0.944. The van der Waals surface area contributed by atoms with E-state index in [0.29, 0.717) is 0 Å². The first-order valence-corrected chi connectivity index (χ1v) is 5.39. The Labute approximate surface area is 99.8 Å². The van der Waals surface area contributed by atoms with Crippen LogP contribution in [0.1, 0.15) is 27.2 Å². The van der Waals surface area contributed by atoms with Gasteiger partial charge in [-0.1, -0.05) is 24.3 Å². The van der Waals surface area contributed by atoms with Crippen molar-refractivity contribution >= 4 is 5.97 Å². The fourth-order valence-electron chi connectivity index (χ4n) is 1.66. The van der Waals surface area contributed by atoms with E-state index >= 15 is 0 Å². The van der Waals surface area contributed by atoms with Crippen molar-refractivity contribution in [1.82, 2.24) is 4.98 Å². The summed E-state index contributed by atoms with van der Waals surface area (Å²) in [7, 11) is 0. The number of aryl methyl sites for hydroxylation is 1.